The SMILES string of the molecule is Cc1ccccc1-c1nnc(SCC(=O)Nc2ccccc2O)o1. The van der Waals surface area contributed by atoms with Crippen LogP contribution in [-0.4, -0.2) is 27.0 Å². The summed E-state index contributed by atoms with van der Waals surface area (Å²) in [5.41, 5.74) is 2.28. The highest BCUT2D eigenvalue weighted by Crippen LogP contribution is 2.26. The molecule has 0 unspecified atom stereocenters. The van der Waals surface area contributed by atoms with Crippen molar-refractivity contribution in [3.63, 3.8) is 0 Å². The number of carbonyl (C=O) groups is 1. The van der Waals surface area contributed by atoms with E-state index in [0.717, 1.165) is 22.9 Å². The average molecular weight is 341 g/mol. The van der Waals surface area contributed by atoms with Gasteiger partial charge in [-0.05, 0) is 30.7 Å². The first kappa shape index (κ1) is 16.1. The Morgan fingerprint density at radius 3 is 2.71 bits per heavy atom. The highest BCUT2D eigenvalue weighted by Gasteiger charge is 2.13. The molecule has 0 saturated carbocycles. The summed E-state index contributed by atoms with van der Waals surface area (Å²) in [5, 5.41) is 20.5. The molecule has 1 amide bonds. The Morgan fingerprint density at radius 2 is 1.92 bits per heavy atom. The van der Waals surface area contributed by atoms with Gasteiger partial charge in [-0.15, -0.1) is 10.2 Å². The van der Waals surface area contributed by atoms with Crippen LogP contribution < -0.4 is 5.32 Å². The van der Waals surface area contributed by atoms with Crippen LogP contribution >= 0.6 is 11.8 Å². The number of rotatable bonds is 5. The lowest BCUT2D eigenvalue weighted by molar-refractivity contribution is -0.113. The Balaban J connectivity index is 1.61. The molecule has 0 atom stereocenters. The van der Waals surface area contributed by atoms with Gasteiger partial charge in [-0.1, -0.05) is 42.1 Å². The van der Waals surface area contributed by atoms with E-state index in [1.54, 1.807) is 18.2 Å². The minimum absolute atomic E-state index is 0.0236. The molecule has 0 bridgehead atoms. The first-order chi connectivity index (χ1) is 11.6. The van der Waals surface area contributed by atoms with Crippen LogP contribution in [0, 0.1) is 6.92 Å². The van der Waals surface area contributed by atoms with E-state index in [1.807, 2.05) is 31.2 Å². The second-order valence-corrected chi connectivity index (χ2v) is 5.97. The van der Waals surface area contributed by atoms with Gasteiger partial charge in [0.25, 0.3) is 5.22 Å². The van der Waals surface area contributed by atoms with Crippen LogP contribution in [0.2, 0.25) is 0 Å². The number of aromatic nitrogens is 2. The quantitative estimate of drug-likeness (QED) is 0.545. The minimum atomic E-state index is -0.267. The molecule has 0 saturated heterocycles. The van der Waals surface area contributed by atoms with E-state index in [2.05, 4.69) is 15.5 Å². The maximum atomic E-state index is 11.9. The molecule has 1 heterocycles. The van der Waals surface area contributed by atoms with Crippen molar-refractivity contribution in [1.29, 1.82) is 0 Å². The van der Waals surface area contributed by atoms with E-state index in [9.17, 15) is 9.90 Å². The van der Waals surface area contributed by atoms with Gasteiger partial charge < -0.3 is 14.8 Å². The molecule has 0 fully saturated rings. The van der Waals surface area contributed by atoms with E-state index in [0.29, 0.717) is 16.8 Å². The van der Waals surface area contributed by atoms with Crippen LogP contribution in [-0.2, 0) is 4.79 Å². The van der Waals surface area contributed by atoms with Crippen LogP contribution in [0.3, 0.4) is 0 Å². The fraction of sp³-hybridized carbons (Fsp3) is 0.118. The van der Waals surface area contributed by atoms with Crippen molar-refractivity contribution < 1.29 is 14.3 Å². The van der Waals surface area contributed by atoms with Crippen LogP contribution in [0.4, 0.5) is 5.69 Å². The molecule has 3 aromatic rings. The van der Waals surface area contributed by atoms with Gasteiger partial charge in [-0.25, -0.2) is 0 Å². The number of hydrogen-bond acceptors (Lipinski definition) is 6. The molecule has 24 heavy (non-hydrogen) atoms. The zero-order valence-electron chi connectivity index (χ0n) is 12.9. The second kappa shape index (κ2) is 7.18. The molecule has 122 valence electrons. The molecule has 7 heteroatoms. The lowest BCUT2D eigenvalue weighted by Gasteiger charge is -2.05. The van der Waals surface area contributed by atoms with Crippen molar-refractivity contribution in [3.8, 4) is 17.2 Å². The lowest BCUT2D eigenvalue weighted by Crippen LogP contribution is -2.14. The number of hydrogen-bond donors (Lipinski definition) is 2. The van der Waals surface area contributed by atoms with Crippen molar-refractivity contribution in [1.82, 2.24) is 10.2 Å². The van der Waals surface area contributed by atoms with Gasteiger partial charge in [0.1, 0.15) is 5.75 Å². The van der Waals surface area contributed by atoms with E-state index in [-0.39, 0.29) is 17.4 Å². The van der Waals surface area contributed by atoms with Crippen LogP contribution in [0.1, 0.15) is 5.56 Å². The summed E-state index contributed by atoms with van der Waals surface area (Å²) < 4.78 is 5.59. The number of benzene rings is 2. The molecule has 2 N–H and O–H groups in total. The number of anilines is 1. The summed E-state index contributed by atoms with van der Waals surface area (Å²) >= 11 is 1.14. The van der Waals surface area contributed by atoms with E-state index >= 15 is 0 Å². The molecule has 1 aromatic heterocycles. The Kier molecular flexibility index (Phi) is 4.81. The van der Waals surface area contributed by atoms with Crippen molar-refractivity contribution >= 4 is 23.4 Å². The standard InChI is InChI=1S/C17H15N3O3S/c1-11-6-2-3-7-12(11)16-19-20-17(23-16)24-10-15(22)18-13-8-4-5-9-14(13)21/h2-9,21H,10H2,1H3,(H,18,22). The van der Waals surface area contributed by atoms with Crippen LogP contribution in [0.25, 0.3) is 11.5 Å². The number of nitrogens with zero attached hydrogens (tertiary/aromatic N) is 2. The Morgan fingerprint density at radius 1 is 1.17 bits per heavy atom. The third-order valence-electron chi connectivity index (χ3n) is 3.29. The highest BCUT2D eigenvalue weighted by molar-refractivity contribution is 7.99. The average Bonchev–Trinajstić information content (AvgIpc) is 3.04. The van der Waals surface area contributed by atoms with Gasteiger partial charge in [0, 0.05) is 5.56 Å². The normalized spacial score (nSPS) is 10.5. The summed E-state index contributed by atoms with van der Waals surface area (Å²) in [6, 6.07) is 14.3. The smallest absolute Gasteiger partial charge is 0.277 e. The van der Waals surface area contributed by atoms with Crippen LogP contribution in [0.15, 0.2) is 58.2 Å². The Hall–Kier alpha value is -2.80. The molecule has 3 rings (SSSR count). The number of aromatic hydroxyl groups is 1. The number of carbonyl (C=O) groups excluding carboxylic acids is 1. The number of para-hydroxylation sites is 2. The monoisotopic (exact) mass is 341 g/mol. The van der Waals surface area contributed by atoms with Crippen molar-refractivity contribution in [2.45, 2.75) is 12.1 Å². The maximum Gasteiger partial charge on any atom is 0.277 e. The third-order valence-corrected chi connectivity index (χ3v) is 4.11. The second-order valence-electron chi connectivity index (χ2n) is 5.04. The van der Waals surface area contributed by atoms with Crippen molar-refractivity contribution in [3.05, 3.63) is 54.1 Å². The maximum absolute atomic E-state index is 11.9. The van der Waals surface area contributed by atoms with E-state index in [1.165, 1.54) is 6.07 Å². The molecule has 0 aliphatic rings. The Bertz CT molecular complexity index is 864. The zero-order chi connectivity index (χ0) is 16.9. The molecule has 0 radical (unpaired) electrons. The third kappa shape index (κ3) is 3.75. The molecule has 0 aliphatic heterocycles. The van der Waals surface area contributed by atoms with Crippen LogP contribution in [0.5, 0.6) is 5.75 Å². The van der Waals surface area contributed by atoms with Crippen molar-refractivity contribution in [2.24, 2.45) is 0 Å². The summed E-state index contributed by atoms with van der Waals surface area (Å²) in [4.78, 5) is 11.9. The van der Waals surface area contributed by atoms with Gasteiger partial charge >= 0.3 is 0 Å². The minimum Gasteiger partial charge on any atom is -0.506 e. The zero-order valence-corrected chi connectivity index (χ0v) is 13.7. The highest BCUT2D eigenvalue weighted by atomic mass is 32.2. The number of phenolic OH excluding ortho intramolecular Hbond substituents is 1. The number of aryl methyl sites for hydroxylation is 1. The van der Waals surface area contributed by atoms with Crippen molar-refractivity contribution in [2.75, 3.05) is 11.1 Å². The summed E-state index contributed by atoms with van der Waals surface area (Å²) in [6.45, 7) is 1.96. The topological polar surface area (TPSA) is 88.2 Å². The Labute approximate surface area is 142 Å². The predicted molar refractivity (Wildman–Crippen MR) is 91.9 cm³/mol. The van der Waals surface area contributed by atoms with Gasteiger partial charge in [-0.2, -0.15) is 0 Å². The van der Waals surface area contributed by atoms with E-state index < -0.39 is 0 Å². The summed E-state index contributed by atoms with van der Waals surface area (Å²) in [7, 11) is 0. The largest absolute Gasteiger partial charge is 0.506 e. The lowest BCUT2D eigenvalue weighted by atomic mass is 10.1. The number of amides is 1. The number of thioether (sulfide) groups is 1. The first-order valence-electron chi connectivity index (χ1n) is 7.23. The molecule has 0 spiro atoms. The molecule has 2 aromatic carbocycles. The number of phenols is 1. The molecular weight excluding hydrogens is 326 g/mol. The molecular formula is C17H15N3O3S. The fourth-order valence-corrected chi connectivity index (χ4v) is 2.65. The summed E-state index contributed by atoms with van der Waals surface area (Å²) in [6.07, 6.45) is 0. The summed E-state index contributed by atoms with van der Waals surface area (Å²) in [5.74, 6) is 0.285. The molecule has 6 nitrogen and oxygen atoms in total. The number of nitrogens with one attached hydrogen (secondary N) is 1. The van der Waals surface area contributed by atoms with Gasteiger partial charge in [-0.3, -0.25) is 4.79 Å². The predicted octanol–water partition coefficient (Wildman–Crippen LogP) is 3.48. The van der Waals surface area contributed by atoms with Gasteiger partial charge in [0.2, 0.25) is 11.8 Å². The first-order valence-corrected chi connectivity index (χ1v) is 8.22. The van der Waals surface area contributed by atoms with Gasteiger partial charge in [0.15, 0.2) is 0 Å². The van der Waals surface area contributed by atoms with E-state index in [4.69, 9.17) is 4.42 Å². The molecule has 0 aliphatic carbocycles. The fourth-order valence-electron chi connectivity index (χ4n) is 2.08. The van der Waals surface area contributed by atoms with Gasteiger partial charge in [0.05, 0.1) is 11.4 Å².